The van der Waals surface area contributed by atoms with Gasteiger partial charge < -0.3 is 15.0 Å². The summed E-state index contributed by atoms with van der Waals surface area (Å²) in [4.78, 5) is 0. The third-order valence-corrected chi connectivity index (χ3v) is 4.73. The number of nitrogens with two attached hydrogens (primary N) is 1. The first-order chi connectivity index (χ1) is 9.09. The minimum Gasteiger partial charge on any atom is -0.399 e. The Labute approximate surface area is 123 Å². The van der Waals surface area contributed by atoms with Crippen LogP contribution in [0.4, 0.5) is 0 Å². The summed E-state index contributed by atoms with van der Waals surface area (Å²) in [7, 11) is -0.296. The molecule has 2 rings (SSSR count). The topological polar surface area (TPSA) is 44.5 Å². The van der Waals surface area contributed by atoms with Gasteiger partial charge in [-0.15, -0.1) is 0 Å². The van der Waals surface area contributed by atoms with E-state index in [9.17, 15) is 0 Å². The van der Waals surface area contributed by atoms with Crippen molar-refractivity contribution in [1.82, 2.24) is 0 Å². The molecular formula is C16H26BNO2. The van der Waals surface area contributed by atoms with Crippen LogP contribution in [0, 0.1) is 0 Å². The average Bonchev–Trinajstić information content (AvgIpc) is 2.59. The van der Waals surface area contributed by atoms with Crippen molar-refractivity contribution in [3.63, 3.8) is 0 Å². The first kappa shape index (κ1) is 15.6. The molecule has 1 aromatic rings. The van der Waals surface area contributed by atoms with Crippen molar-refractivity contribution in [3.05, 3.63) is 29.8 Å². The fraction of sp³-hybridized carbons (Fsp3) is 0.625. The maximum absolute atomic E-state index is 6.06. The summed E-state index contributed by atoms with van der Waals surface area (Å²) >= 11 is 0. The van der Waals surface area contributed by atoms with E-state index in [1.165, 1.54) is 5.56 Å². The Hall–Kier alpha value is -0.835. The van der Waals surface area contributed by atoms with Crippen LogP contribution >= 0.6 is 0 Å². The maximum Gasteiger partial charge on any atom is 0.494 e. The molecule has 0 saturated carbocycles. The van der Waals surface area contributed by atoms with Gasteiger partial charge in [-0.25, -0.2) is 0 Å². The Bertz CT molecular complexity index is 464. The van der Waals surface area contributed by atoms with Crippen LogP contribution in [0.5, 0.6) is 0 Å². The van der Waals surface area contributed by atoms with Crippen LogP contribution < -0.4 is 11.2 Å². The molecule has 0 unspecified atom stereocenters. The van der Waals surface area contributed by atoms with Gasteiger partial charge in [0, 0.05) is 12.0 Å². The van der Waals surface area contributed by atoms with Crippen molar-refractivity contribution in [3.8, 4) is 0 Å². The van der Waals surface area contributed by atoms with Gasteiger partial charge in [-0.1, -0.05) is 38.1 Å². The van der Waals surface area contributed by atoms with Gasteiger partial charge in [0.25, 0.3) is 0 Å². The van der Waals surface area contributed by atoms with E-state index in [1.54, 1.807) is 0 Å². The number of hydrogen-bond donors (Lipinski definition) is 1. The molecule has 110 valence electrons. The van der Waals surface area contributed by atoms with E-state index >= 15 is 0 Å². The molecule has 20 heavy (non-hydrogen) atoms. The highest BCUT2D eigenvalue weighted by Gasteiger charge is 2.51. The lowest BCUT2D eigenvalue weighted by Crippen LogP contribution is -2.41. The zero-order valence-electron chi connectivity index (χ0n) is 13.5. The Morgan fingerprint density at radius 2 is 1.45 bits per heavy atom. The molecule has 1 aromatic carbocycles. The van der Waals surface area contributed by atoms with Gasteiger partial charge in [0.05, 0.1) is 11.2 Å². The van der Waals surface area contributed by atoms with Gasteiger partial charge in [0.2, 0.25) is 0 Å². The van der Waals surface area contributed by atoms with Crippen molar-refractivity contribution in [2.75, 3.05) is 6.54 Å². The van der Waals surface area contributed by atoms with Crippen molar-refractivity contribution in [1.29, 1.82) is 0 Å². The second-order valence-corrected chi connectivity index (χ2v) is 7.30. The lowest BCUT2D eigenvalue weighted by Gasteiger charge is -2.32. The summed E-state index contributed by atoms with van der Waals surface area (Å²) in [6.45, 7) is 13.2. The lowest BCUT2D eigenvalue weighted by molar-refractivity contribution is 0.00578. The van der Waals surface area contributed by atoms with Gasteiger partial charge in [0.15, 0.2) is 0 Å². The Morgan fingerprint density at radius 3 is 1.85 bits per heavy atom. The molecule has 4 heteroatoms. The van der Waals surface area contributed by atoms with Crippen LogP contribution in [-0.2, 0) is 14.7 Å². The average molecular weight is 275 g/mol. The monoisotopic (exact) mass is 275 g/mol. The van der Waals surface area contributed by atoms with Crippen LogP contribution in [0.2, 0.25) is 0 Å². The summed E-state index contributed by atoms with van der Waals surface area (Å²) < 4.78 is 12.1. The van der Waals surface area contributed by atoms with Gasteiger partial charge in [0.1, 0.15) is 0 Å². The summed E-state index contributed by atoms with van der Waals surface area (Å²) in [5.74, 6) is 0. The third kappa shape index (κ3) is 2.65. The number of rotatable bonds is 3. The predicted octanol–water partition coefficient (Wildman–Crippen LogP) is 2.22. The molecule has 1 saturated heterocycles. The Morgan fingerprint density at radius 1 is 1.00 bits per heavy atom. The van der Waals surface area contributed by atoms with Gasteiger partial charge in [-0.2, -0.15) is 0 Å². The van der Waals surface area contributed by atoms with Crippen LogP contribution in [0.1, 0.15) is 47.1 Å². The largest absolute Gasteiger partial charge is 0.494 e. The second kappa shape index (κ2) is 4.87. The summed E-state index contributed by atoms with van der Waals surface area (Å²) in [6.07, 6.45) is 0. The first-order valence-corrected chi connectivity index (χ1v) is 7.25. The van der Waals surface area contributed by atoms with E-state index in [2.05, 4.69) is 65.8 Å². The summed E-state index contributed by atoms with van der Waals surface area (Å²) in [5, 5.41) is 0. The van der Waals surface area contributed by atoms with E-state index in [4.69, 9.17) is 15.0 Å². The zero-order chi connectivity index (χ0) is 15.2. The van der Waals surface area contributed by atoms with Crippen molar-refractivity contribution in [2.45, 2.75) is 58.2 Å². The second-order valence-electron chi connectivity index (χ2n) is 7.30. The molecule has 1 heterocycles. The molecule has 0 atom stereocenters. The number of benzene rings is 1. The Kier molecular flexibility index (Phi) is 3.78. The molecule has 1 aliphatic rings. The zero-order valence-corrected chi connectivity index (χ0v) is 13.5. The fourth-order valence-electron chi connectivity index (χ4n) is 2.19. The third-order valence-electron chi connectivity index (χ3n) is 4.73. The van der Waals surface area contributed by atoms with E-state index in [0.29, 0.717) is 6.54 Å². The van der Waals surface area contributed by atoms with Gasteiger partial charge >= 0.3 is 7.12 Å². The molecule has 0 spiro atoms. The minimum absolute atomic E-state index is 0.00549. The summed E-state index contributed by atoms with van der Waals surface area (Å²) in [5.41, 5.74) is 7.51. The van der Waals surface area contributed by atoms with E-state index in [0.717, 1.165) is 5.46 Å². The number of hydrogen-bond acceptors (Lipinski definition) is 3. The fourth-order valence-corrected chi connectivity index (χ4v) is 2.19. The van der Waals surface area contributed by atoms with E-state index < -0.39 is 0 Å². The Balaban J connectivity index is 2.21. The SMILES string of the molecule is CC(C)(CN)c1ccc(B2OC(C)(C)C(C)(C)O2)cc1. The van der Waals surface area contributed by atoms with E-state index in [-0.39, 0.29) is 23.7 Å². The highest BCUT2D eigenvalue weighted by molar-refractivity contribution is 6.62. The quantitative estimate of drug-likeness (QED) is 0.860. The normalized spacial score (nSPS) is 21.2. The van der Waals surface area contributed by atoms with Crippen LogP contribution in [-0.4, -0.2) is 24.9 Å². The molecule has 1 aliphatic heterocycles. The molecule has 0 aromatic heterocycles. The molecule has 0 amide bonds. The predicted molar refractivity (Wildman–Crippen MR) is 84.2 cm³/mol. The molecule has 0 aliphatic carbocycles. The van der Waals surface area contributed by atoms with Gasteiger partial charge in [-0.3, -0.25) is 0 Å². The van der Waals surface area contributed by atoms with Crippen LogP contribution in [0.25, 0.3) is 0 Å². The molecule has 0 bridgehead atoms. The van der Waals surface area contributed by atoms with E-state index in [1.807, 2.05) is 0 Å². The maximum atomic E-state index is 6.06. The van der Waals surface area contributed by atoms with Crippen LogP contribution in [0.15, 0.2) is 24.3 Å². The molecule has 1 fully saturated rings. The molecule has 3 nitrogen and oxygen atoms in total. The van der Waals surface area contributed by atoms with Crippen molar-refractivity contribution < 1.29 is 9.31 Å². The first-order valence-electron chi connectivity index (χ1n) is 7.25. The minimum atomic E-state index is -0.299. The molecule has 0 radical (unpaired) electrons. The molecular weight excluding hydrogens is 249 g/mol. The van der Waals surface area contributed by atoms with Crippen molar-refractivity contribution >= 4 is 12.6 Å². The highest BCUT2D eigenvalue weighted by atomic mass is 16.7. The lowest BCUT2D eigenvalue weighted by atomic mass is 9.76. The van der Waals surface area contributed by atoms with Crippen molar-refractivity contribution in [2.24, 2.45) is 5.73 Å². The standard InChI is InChI=1S/C16H26BNO2/c1-14(2,11-18)12-7-9-13(10-8-12)17-19-15(3,4)16(5,6)20-17/h7-10H,11,18H2,1-6H3. The highest BCUT2D eigenvalue weighted by Crippen LogP contribution is 2.36. The summed E-state index contributed by atoms with van der Waals surface area (Å²) in [6, 6.07) is 8.39. The smallest absolute Gasteiger partial charge is 0.399 e. The molecule has 2 N–H and O–H groups in total. The van der Waals surface area contributed by atoms with Crippen LogP contribution in [0.3, 0.4) is 0 Å². The van der Waals surface area contributed by atoms with Gasteiger partial charge in [-0.05, 0) is 38.7 Å².